The van der Waals surface area contributed by atoms with Gasteiger partial charge in [0.2, 0.25) is 6.29 Å². The third-order valence-electron chi connectivity index (χ3n) is 4.45. The highest BCUT2D eigenvalue weighted by Gasteiger charge is 2.37. The van der Waals surface area contributed by atoms with E-state index in [1.54, 1.807) is 6.08 Å². The molecule has 0 saturated heterocycles. The van der Waals surface area contributed by atoms with Crippen LogP contribution in [0.5, 0.6) is 0 Å². The van der Waals surface area contributed by atoms with Crippen molar-refractivity contribution < 1.29 is 19.4 Å². The number of amides is 1. The van der Waals surface area contributed by atoms with E-state index in [1.165, 1.54) is 0 Å². The predicted molar refractivity (Wildman–Crippen MR) is 103 cm³/mol. The number of rotatable bonds is 8. The summed E-state index contributed by atoms with van der Waals surface area (Å²) in [4.78, 5) is 12.4. The van der Waals surface area contributed by atoms with Crippen LogP contribution in [0.1, 0.15) is 36.8 Å². The van der Waals surface area contributed by atoms with Crippen LogP contribution >= 0.6 is 0 Å². The summed E-state index contributed by atoms with van der Waals surface area (Å²) in [6.45, 7) is 2.52. The SMILES string of the molecule is C#CCNC(=O)C1=C[C@H](c2ccc(C#C)cc2)[C@@H](CCCO)[C@H](OCC)O1. The van der Waals surface area contributed by atoms with Gasteiger partial charge < -0.3 is 19.9 Å². The monoisotopic (exact) mass is 367 g/mol. The molecule has 1 aromatic rings. The molecule has 2 rings (SSSR count). The van der Waals surface area contributed by atoms with Crippen LogP contribution in [-0.4, -0.2) is 37.1 Å². The molecule has 0 aromatic heterocycles. The zero-order chi connectivity index (χ0) is 19.6. The number of ether oxygens (including phenoxy) is 2. The summed E-state index contributed by atoms with van der Waals surface area (Å²) in [6, 6.07) is 7.65. The normalized spacial score (nSPS) is 21.3. The van der Waals surface area contributed by atoms with E-state index in [4.69, 9.17) is 22.3 Å². The Morgan fingerprint density at radius 1 is 1.33 bits per heavy atom. The van der Waals surface area contributed by atoms with E-state index in [0.717, 1.165) is 11.1 Å². The van der Waals surface area contributed by atoms with E-state index in [-0.39, 0.29) is 36.7 Å². The molecule has 0 aliphatic carbocycles. The highest BCUT2D eigenvalue weighted by atomic mass is 16.7. The molecule has 0 unspecified atom stereocenters. The molecule has 0 saturated carbocycles. The Kier molecular flexibility index (Phi) is 7.95. The van der Waals surface area contributed by atoms with Gasteiger partial charge in [-0.3, -0.25) is 4.79 Å². The summed E-state index contributed by atoms with van der Waals surface area (Å²) in [5.74, 6) is 4.64. The Hall–Kier alpha value is -2.73. The molecule has 0 bridgehead atoms. The lowest BCUT2D eigenvalue weighted by Gasteiger charge is -2.37. The standard InChI is InChI=1S/C22H25NO4/c1-4-13-23-21(25)20-15-19(17-11-9-16(5-2)10-12-17)18(8-7-14-24)22(27-20)26-6-3/h1-2,9-12,15,18-19,22,24H,6-8,13-14H2,3H3,(H,23,25)/t18-,19-,22-/m1/s1. The Morgan fingerprint density at radius 3 is 2.67 bits per heavy atom. The molecule has 0 spiro atoms. The smallest absolute Gasteiger partial charge is 0.286 e. The van der Waals surface area contributed by atoms with Crippen molar-refractivity contribution in [1.29, 1.82) is 0 Å². The van der Waals surface area contributed by atoms with Crippen LogP contribution in [0.2, 0.25) is 0 Å². The van der Waals surface area contributed by atoms with Gasteiger partial charge in [-0.1, -0.05) is 24.0 Å². The van der Waals surface area contributed by atoms with E-state index in [0.29, 0.717) is 19.4 Å². The first-order chi connectivity index (χ1) is 13.1. The zero-order valence-corrected chi connectivity index (χ0v) is 15.5. The predicted octanol–water partition coefficient (Wildman–Crippen LogP) is 2.17. The van der Waals surface area contributed by atoms with Crippen LogP contribution in [0.4, 0.5) is 0 Å². The van der Waals surface area contributed by atoms with Crippen LogP contribution in [-0.2, 0) is 14.3 Å². The van der Waals surface area contributed by atoms with Crippen LogP contribution in [0.25, 0.3) is 0 Å². The minimum absolute atomic E-state index is 0.0435. The third kappa shape index (κ3) is 5.37. The summed E-state index contributed by atoms with van der Waals surface area (Å²) < 4.78 is 11.6. The third-order valence-corrected chi connectivity index (χ3v) is 4.45. The minimum atomic E-state index is -0.588. The molecule has 1 aliphatic heterocycles. The summed E-state index contributed by atoms with van der Waals surface area (Å²) in [7, 11) is 0. The number of allylic oxidation sites excluding steroid dienone is 1. The molecule has 5 heteroatoms. The van der Waals surface area contributed by atoms with Crippen molar-refractivity contribution in [2.75, 3.05) is 19.8 Å². The van der Waals surface area contributed by atoms with E-state index >= 15 is 0 Å². The van der Waals surface area contributed by atoms with Crippen molar-refractivity contribution in [3.05, 3.63) is 47.2 Å². The second-order valence-corrected chi connectivity index (χ2v) is 6.18. The number of carbonyl (C=O) groups is 1. The highest BCUT2D eigenvalue weighted by molar-refractivity contribution is 5.91. The second-order valence-electron chi connectivity index (χ2n) is 6.18. The van der Waals surface area contributed by atoms with Gasteiger partial charge in [-0.05, 0) is 43.5 Å². The molecular weight excluding hydrogens is 342 g/mol. The Morgan fingerprint density at radius 2 is 2.07 bits per heavy atom. The van der Waals surface area contributed by atoms with Gasteiger partial charge in [0.05, 0.1) is 6.54 Å². The van der Waals surface area contributed by atoms with Crippen LogP contribution in [0, 0.1) is 30.6 Å². The van der Waals surface area contributed by atoms with E-state index in [9.17, 15) is 9.90 Å². The van der Waals surface area contributed by atoms with Crippen LogP contribution < -0.4 is 5.32 Å². The van der Waals surface area contributed by atoms with Crippen molar-refractivity contribution in [1.82, 2.24) is 5.32 Å². The first-order valence-corrected chi connectivity index (χ1v) is 9.03. The van der Waals surface area contributed by atoms with Gasteiger partial charge >= 0.3 is 0 Å². The molecule has 1 aliphatic rings. The first kappa shape index (κ1) is 20.6. The Labute approximate surface area is 160 Å². The van der Waals surface area contributed by atoms with E-state index < -0.39 is 6.29 Å². The Bertz CT molecular complexity index is 739. The van der Waals surface area contributed by atoms with Gasteiger partial charge in [0, 0.05) is 30.6 Å². The van der Waals surface area contributed by atoms with Gasteiger partial charge in [0.25, 0.3) is 5.91 Å². The quantitative estimate of drug-likeness (QED) is 0.691. The van der Waals surface area contributed by atoms with E-state index in [2.05, 4.69) is 17.2 Å². The molecule has 0 fully saturated rings. The lowest BCUT2D eigenvalue weighted by molar-refractivity contribution is -0.166. The summed E-state index contributed by atoms with van der Waals surface area (Å²) in [6.07, 6.45) is 13.2. The number of terminal acetylenes is 2. The Balaban J connectivity index is 2.39. The zero-order valence-electron chi connectivity index (χ0n) is 15.5. The summed E-state index contributed by atoms with van der Waals surface area (Å²) in [5.41, 5.74) is 1.79. The van der Waals surface area contributed by atoms with Crippen LogP contribution in [0.15, 0.2) is 36.1 Å². The first-order valence-electron chi connectivity index (χ1n) is 9.03. The number of nitrogens with one attached hydrogen (secondary N) is 1. The minimum Gasteiger partial charge on any atom is -0.459 e. The largest absolute Gasteiger partial charge is 0.459 e. The molecule has 2 N–H and O–H groups in total. The van der Waals surface area contributed by atoms with Crippen molar-refractivity contribution >= 4 is 5.91 Å². The highest BCUT2D eigenvalue weighted by Crippen LogP contribution is 2.39. The van der Waals surface area contributed by atoms with Crippen molar-refractivity contribution in [3.8, 4) is 24.7 Å². The average Bonchev–Trinajstić information content (AvgIpc) is 2.70. The van der Waals surface area contributed by atoms with Crippen molar-refractivity contribution in [2.45, 2.75) is 32.0 Å². The lowest BCUT2D eigenvalue weighted by Crippen LogP contribution is -2.39. The molecule has 1 heterocycles. The number of aliphatic hydroxyl groups excluding tert-OH is 1. The number of hydrogen-bond acceptors (Lipinski definition) is 4. The maximum absolute atomic E-state index is 12.4. The second kappa shape index (κ2) is 10.4. The fraction of sp³-hybridized carbons (Fsp3) is 0.409. The number of hydrogen-bond donors (Lipinski definition) is 2. The number of benzene rings is 1. The van der Waals surface area contributed by atoms with Gasteiger partial charge in [0.1, 0.15) is 0 Å². The van der Waals surface area contributed by atoms with Crippen LogP contribution in [0.3, 0.4) is 0 Å². The molecule has 1 aromatic carbocycles. The molecule has 1 amide bonds. The number of carbonyl (C=O) groups excluding carboxylic acids is 1. The molecule has 3 atom stereocenters. The fourth-order valence-electron chi connectivity index (χ4n) is 3.16. The maximum atomic E-state index is 12.4. The lowest BCUT2D eigenvalue weighted by atomic mass is 9.80. The molecule has 5 nitrogen and oxygen atoms in total. The molecular formula is C22H25NO4. The summed E-state index contributed by atoms with van der Waals surface area (Å²) >= 11 is 0. The van der Waals surface area contributed by atoms with Gasteiger partial charge in [-0.15, -0.1) is 12.8 Å². The average molecular weight is 367 g/mol. The molecule has 27 heavy (non-hydrogen) atoms. The number of aliphatic hydroxyl groups is 1. The van der Waals surface area contributed by atoms with Gasteiger partial charge in [-0.25, -0.2) is 0 Å². The van der Waals surface area contributed by atoms with Crippen molar-refractivity contribution in [2.24, 2.45) is 5.92 Å². The fourth-order valence-corrected chi connectivity index (χ4v) is 3.16. The van der Waals surface area contributed by atoms with Gasteiger partial charge in [0.15, 0.2) is 5.76 Å². The molecule has 142 valence electrons. The molecule has 0 radical (unpaired) electrons. The van der Waals surface area contributed by atoms with Crippen molar-refractivity contribution in [3.63, 3.8) is 0 Å². The topological polar surface area (TPSA) is 67.8 Å². The van der Waals surface area contributed by atoms with Gasteiger partial charge in [-0.2, -0.15) is 0 Å². The summed E-state index contributed by atoms with van der Waals surface area (Å²) in [5, 5.41) is 11.9. The van der Waals surface area contributed by atoms with E-state index in [1.807, 2.05) is 31.2 Å². The maximum Gasteiger partial charge on any atom is 0.286 e.